The van der Waals surface area contributed by atoms with Crippen molar-refractivity contribution in [3.05, 3.63) is 57.9 Å². The smallest absolute Gasteiger partial charge is 0.249 e. The van der Waals surface area contributed by atoms with E-state index in [9.17, 15) is 13.6 Å². The molecule has 1 N–H and O–H groups in total. The number of allylic oxidation sites excluding steroid dienone is 2. The van der Waals surface area contributed by atoms with Crippen LogP contribution in [-0.2, 0) is 11.2 Å². The van der Waals surface area contributed by atoms with E-state index >= 15 is 0 Å². The maximum atomic E-state index is 13.6. The van der Waals surface area contributed by atoms with Crippen LogP contribution >= 0.6 is 0 Å². The van der Waals surface area contributed by atoms with Gasteiger partial charge in [-0.25, -0.2) is 8.78 Å². The number of ketones is 1. The molecular weight excluding hydrogens is 386 g/mol. The number of aromatic amines is 1. The summed E-state index contributed by atoms with van der Waals surface area (Å²) in [4.78, 5) is 13.4. The summed E-state index contributed by atoms with van der Waals surface area (Å²) in [5, 5.41) is 7.63. The van der Waals surface area contributed by atoms with E-state index in [1.165, 1.54) is 0 Å². The second kappa shape index (κ2) is 6.50. The van der Waals surface area contributed by atoms with Gasteiger partial charge >= 0.3 is 0 Å². The highest BCUT2D eigenvalue weighted by atomic mass is 19.3. The third kappa shape index (κ3) is 2.99. The second-order valence-corrected chi connectivity index (χ2v) is 9.77. The summed E-state index contributed by atoms with van der Waals surface area (Å²) < 4.78 is 32.9. The van der Waals surface area contributed by atoms with Crippen LogP contribution in [0.1, 0.15) is 73.9 Å². The highest BCUT2D eigenvalue weighted by Crippen LogP contribution is 2.55. The molecule has 0 unspecified atom stereocenters. The van der Waals surface area contributed by atoms with Crippen LogP contribution in [-0.4, -0.2) is 29.0 Å². The zero-order valence-corrected chi connectivity index (χ0v) is 17.5. The van der Waals surface area contributed by atoms with E-state index in [0.29, 0.717) is 24.3 Å². The number of benzene rings is 1. The van der Waals surface area contributed by atoms with Crippen molar-refractivity contribution in [2.24, 2.45) is 5.41 Å². The number of alkyl halides is 2. The van der Waals surface area contributed by atoms with E-state index < -0.39 is 5.92 Å². The Labute approximate surface area is 174 Å². The minimum absolute atomic E-state index is 0.0857. The molecule has 0 amide bonds. The van der Waals surface area contributed by atoms with Crippen LogP contribution in [0.5, 0.6) is 5.75 Å². The number of nitrogens with zero attached hydrogens (tertiary/aromatic N) is 1. The first kappa shape index (κ1) is 19.5. The molecule has 0 saturated heterocycles. The van der Waals surface area contributed by atoms with Gasteiger partial charge in [-0.1, -0.05) is 37.6 Å². The molecule has 158 valence electrons. The molecule has 0 bridgehead atoms. The summed E-state index contributed by atoms with van der Waals surface area (Å²) in [6.45, 7) is 4.24. The quantitative estimate of drug-likeness (QED) is 0.744. The highest BCUT2D eigenvalue weighted by Gasteiger charge is 2.50. The Hall–Kier alpha value is -2.50. The normalized spacial score (nSPS) is 24.8. The van der Waals surface area contributed by atoms with E-state index in [1.807, 2.05) is 24.3 Å². The number of carbonyl (C=O) groups is 1. The van der Waals surface area contributed by atoms with Crippen molar-refractivity contribution in [3.63, 3.8) is 0 Å². The van der Waals surface area contributed by atoms with Gasteiger partial charge in [0.2, 0.25) is 5.92 Å². The van der Waals surface area contributed by atoms with Crippen LogP contribution in [0.25, 0.3) is 0 Å². The molecule has 1 aromatic carbocycles. The Bertz CT molecular complexity index is 1060. The molecule has 4 nitrogen and oxygen atoms in total. The first-order chi connectivity index (χ1) is 14.2. The van der Waals surface area contributed by atoms with Crippen LogP contribution < -0.4 is 4.74 Å². The fourth-order valence-corrected chi connectivity index (χ4v) is 5.58. The van der Waals surface area contributed by atoms with Crippen molar-refractivity contribution < 1.29 is 18.3 Å². The molecule has 1 atom stereocenters. The lowest BCUT2D eigenvalue weighted by Gasteiger charge is -2.40. The molecule has 2 aromatic rings. The summed E-state index contributed by atoms with van der Waals surface area (Å²) in [5.41, 5.74) is 5.31. The number of ether oxygens (including phenoxy) is 1. The molecule has 3 aliphatic carbocycles. The molecular formula is C24H26F2N2O2. The first-order valence-corrected chi connectivity index (χ1v) is 10.5. The minimum atomic E-state index is -2.62. The van der Waals surface area contributed by atoms with Crippen LogP contribution in [0, 0.1) is 5.41 Å². The largest absolute Gasteiger partial charge is 0.496 e. The number of hydrogen-bond acceptors (Lipinski definition) is 3. The highest BCUT2D eigenvalue weighted by molar-refractivity contribution is 6.00. The van der Waals surface area contributed by atoms with Gasteiger partial charge in [0.15, 0.2) is 5.78 Å². The van der Waals surface area contributed by atoms with Gasteiger partial charge in [0.25, 0.3) is 0 Å². The number of fused-ring (bicyclic) bond motifs is 1. The van der Waals surface area contributed by atoms with E-state index in [1.54, 1.807) is 7.11 Å². The van der Waals surface area contributed by atoms with Crippen LogP contribution in [0.15, 0.2) is 35.4 Å². The number of para-hydroxylation sites is 1. The summed E-state index contributed by atoms with van der Waals surface area (Å²) in [7, 11) is 1.62. The molecule has 0 aliphatic heterocycles. The fraction of sp³-hybridized carbons (Fsp3) is 0.500. The Morgan fingerprint density at radius 2 is 1.90 bits per heavy atom. The van der Waals surface area contributed by atoms with E-state index in [2.05, 4.69) is 24.0 Å². The fourth-order valence-electron chi connectivity index (χ4n) is 5.58. The van der Waals surface area contributed by atoms with Crippen molar-refractivity contribution in [1.82, 2.24) is 10.2 Å². The lowest BCUT2D eigenvalue weighted by Crippen LogP contribution is -2.36. The Balaban J connectivity index is 1.70. The molecule has 1 heterocycles. The zero-order valence-electron chi connectivity index (χ0n) is 17.5. The van der Waals surface area contributed by atoms with Gasteiger partial charge in [-0.3, -0.25) is 9.89 Å². The van der Waals surface area contributed by atoms with Crippen molar-refractivity contribution in [3.8, 4) is 5.75 Å². The Kier molecular flexibility index (Phi) is 4.21. The predicted molar refractivity (Wildman–Crippen MR) is 109 cm³/mol. The number of rotatable bonds is 3. The van der Waals surface area contributed by atoms with Crippen molar-refractivity contribution in [2.75, 3.05) is 7.11 Å². The van der Waals surface area contributed by atoms with E-state index in [4.69, 9.17) is 4.74 Å². The number of hydrogen-bond donors (Lipinski definition) is 1. The number of nitrogens with one attached hydrogen (secondary N) is 1. The van der Waals surface area contributed by atoms with Gasteiger partial charge in [0, 0.05) is 59.9 Å². The van der Waals surface area contributed by atoms with Crippen LogP contribution in [0.3, 0.4) is 0 Å². The molecule has 0 radical (unpaired) electrons. The van der Waals surface area contributed by atoms with Gasteiger partial charge < -0.3 is 4.74 Å². The summed E-state index contributed by atoms with van der Waals surface area (Å²) >= 11 is 0. The van der Waals surface area contributed by atoms with Gasteiger partial charge in [-0.05, 0) is 17.9 Å². The van der Waals surface area contributed by atoms with Gasteiger partial charge in [-0.2, -0.15) is 5.10 Å². The van der Waals surface area contributed by atoms with Crippen molar-refractivity contribution in [2.45, 2.75) is 63.7 Å². The number of carbonyl (C=O) groups excluding carboxylic acids is 1. The molecule has 1 fully saturated rings. The Morgan fingerprint density at radius 3 is 2.60 bits per heavy atom. The molecule has 1 saturated carbocycles. The average molecular weight is 412 g/mol. The number of H-pyrrole nitrogens is 1. The number of Topliss-reactive ketones (excluding diaryl/α,β-unsaturated/α-hetero) is 1. The summed E-state index contributed by atoms with van der Waals surface area (Å²) in [5.74, 6) is -2.39. The molecule has 5 rings (SSSR count). The maximum absolute atomic E-state index is 13.6. The van der Waals surface area contributed by atoms with Gasteiger partial charge in [0.05, 0.1) is 12.8 Å². The summed E-state index contributed by atoms with van der Waals surface area (Å²) in [6, 6.07) is 7.69. The Morgan fingerprint density at radius 1 is 1.17 bits per heavy atom. The lowest BCUT2D eigenvalue weighted by atomic mass is 9.63. The van der Waals surface area contributed by atoms with E-state index in [0.717, 1.165) is 34.4 Å². The molecule has 6 heteroatoms. The van der Waals surface area contributed by atoms with Crippen LogP contribution in [0.4, 0.5) is 8.78 Å². The maximum Gasteiger partial charge on any atom is 0.249 e. The molecule has 3 aliphatic rings. The first-order valence-electron chi connectivity index (χ1n) is 10.5. The standard InChI is InChI=1S/C24H26F2N2O2/c1-23(2)9-13-8-16-21(22(28-27-16)14-10-24(25,26)11-14)20(19(13)17(29)12-23)15-6-4-5-7-18(15)30-3/h4-7,14,20H,8-12H2,1-3H3,(H,27,28)/t20-/m1/s1. The third-order valence-corrected chi connectivity index (χ3v) is 6.82. The lowest BCUT2D eigenvalue weighted by molar-refractivity contribution is -0.118. The van der Waals surface area contributed by atoms with Crippen molar-refractivity contribution in [1.29, 1.82) is 0 Å². The molecule has 30 heavy (non-hydrogen) atoms. The third-order valence-electron chi connectivity index (χ3n) is 6.82. The molecule has 0 spiro atoms. The number of aromatic nitrogens is 2. The van der Waals surface area contributed by atoms with E-state index in [-0.39, 0.29) is 35.9 Å². The van der Waals surface area contributed by atoms with Gasteiger partial charge in [-0.15, -0.1) is 0 Å². The second-order valence-electron chi connectivity index (χ2n) is 9.77. The van der Waals surface area contributed by atoms with Crippen LogP contribution in [0.2, 0.25) is 0 Å². The molecule has 1 aromatic heterocycles. The van der Waals surface area contributed by atoms with Gasteiger partial charge in [0.1, 0.15) is 5.75 Å². The predicted octanol–water partition coefficient (Wildman–Crippen LogP) is 5.30. The number of methoxy groups -OCH3 is 1. The minimum Gasteiger partial charge on any atom is -0.496 e. The van der Waals surface area contributed by atoms with Crippen molar-refractivity contribution >= 4 is 5.78 Å². The SMILES string of the molecule is COc1ccccc1[C@@H]1C2=C(Cc3[nH]nc(C4CC(F)(F)C4)c31)CC(C)(C)CC2=O. The number of halogens is 2. The summed E-state index contributed by atoms with van der Waals surface area (Å²) in [6.07, 6.45) is 1.59. The average Bonchev–Trinajstić information content (AvgIpc) is 3.06. The topological polar surface area (TPSA) is 55.0 Å². The monoisotopic (exact) mass is 412 g/mol. The zero-order chi connectivity index (χ0) is 21.3.